The quantitative estimate of drug-likeness (QED) is 0.767. The number of hydrogen-bond acceptors (Lipinski definition) is 1. The zero-order valence-electron chi connectivity index (χ0n) is 6.21. The maximum absolute atomic E-state index is 11.3. The van der Waals surface area contributed by atoms with Crippen molar-refractivity contribution < 1.29 is 4.21 Å². The molecule has 0 aliphatic carbocycles. The van der Waals surface area contributed by atoms with Gasteiger partial charge in [-0.05, 0) is 18.2 Å². The van der Waals surface area contributed by atoms with Gasteiger partial charge in [-0.1, -0.05) is 28.9 Å². The van der Waals surface area contributed by atoms with Crippen LogP contribution >= 0.6 is 15.9 Å². The Labute approximate surface area is 77.4 Å². The molecular weight excluding hydrogens is 224 g/mol. The van der Waals surface area contributed by atoms with E-state index in [4.69, 9.17) is 0 Å². The van der Waals surface area contributed by atoms with Crippen LogP contribution in [0, 0.1) is 0 Å². The van der Waals surface area contributed by atoms with Gasteiger partial charge < -0.3 is 0 Å². The van der Waals surface area contributed by atoms with E-state index in [9.17, 15) is 4.21 Å². The Hall–Kier alpha value is -0.150. The van der Waals surface area contributed by atoms with Crippen LogP contribution in [0.5, 0.6) is 0 Å². The third kappa shape index (κ3) is 2.42. The van der Waals surface area contributed by atoms with Gasteiger partial charge in [-0.3, -0.25) is 4.21 Å². The highest BCUT2D eigenvalue weighted by Gasteiger charge is 1.99. The SMILES string of the molecule is CC[S@](=O)c1cccc(Br)c1. The molecule has 3 heteroatoms. The van der Waals surface area contributed by atoms with Gasteiger partial charge in [0, 0.05) is 15.1 Å². The second-order valence-corrected chi connectivity index (χ2v) is 4.75. The first-order valence-electron chi connectivity index (χ1n) is 3.38. The van der Waals surface area contributed by atoms with Crippen molar-refractivity contribution in [3.8, 4) is 0 Å². The molecule has 1 rings (SSSR count). The summed E-state index contributed by atoms with van der Waals surface area (Å²) >= 11 is 3.33. The number of rotatable bonds is 2. The van der Waals surface area contributed by atoms with Crippen molar-refractivity contribution in [2.45, 2.75) is 11.8 Å². The minimum absolute atomic E-state index is 0.677. The Morgan fingerprint density at radius 3 is 2.82 bits per heavy atom. The molecule has 0 radical (unpaired) electrons. The molecule has 0 unspecified atom stereocenters. The second kappa shape index (κ2) is 4.02. The molecule has 0 aromatic heterocycles. The van der Waals surface area contributed by atoms with Gasteiger partial charge in [0.15, 0.2) is 0 Å². The Bertz CT molecular complexity index is 273. The van der Waals surface area contributed by atoms with Crippen molar-refractivity contribution in [1.29, 1.82) is 0 Å². The van der Waals surface area contributed by atoms with Crippen molar-refractivity contribution in [2.75, 3.05) is 5.75 Å². The fraction of sp³-hybridized carbons (Fsp3) is 0.250. The van der Waals surface area contributed by atoms with E-state index in [-0.39, 0.29) is 0 Å². The van der Waals surface area contributed by atoms with Crippen LogP contribution in [0.2, 0.25) is 0 Å². The average molecular weight is 233 g/mol. The Kier molecular flexibility index (Phi) is 3.27. The third-order valence-corrected chi connectivity index (χ3v) is 3.12. The molecule has 0 saturated carbocycles. The first kappa shape index (κ1) is 8.94. The van der Waals surface area contributed by atoms with E-state index in [1.165, 1.54) is 0 Å². The van der Waals surface area contributed by atoms with Crippen LogP contribution in [-0.4, -0.2) is 9.96 Å². The van der Waals surface area contributed by atoms with Gasteiger partial charge >= 0.3 is 0 Å². The van der Waals surface area contributed by atoms with Crippen LogP contribution in [0.25, 0.3) is 0 Å². The standard InChI is InChI=1S/C8H9BrOS/c1-2-11(10)8-5-3-4-7(9)6-8/h3-6H,2H2,1H3/t11-/m0/s1. The lowest BCUT2D eigenvalue weighted by Gasteiger charge is -1.97. The Morgan fingerprint density at radius 2 is 2.27 bits per heavy atom. The van der Waals surface area contributed by atoms with Gasteiger partial charge in [0.1, 0.15) is 0 Å². The summed E-state index contributed by atoms with van der Waals surface area (Å²) in [6, 6.07) is 7.59. The van der Waals surface area contributed by atoms with E-state index in [1.54, 1.807) is 0 Å². The molecule has 0 heterocycles. The molecule has 11 heavy (non-hydrogen) atoms. The Balaban J connectivity index is 2.96. The zero-order valence-corrected chi connectivity index (χ0v) is 8.61. The number of hydrogen-bond donors (Lipinski definition) is 0. The van der Waals surface area contributed by atoms with Gasteiger partial charge in [-0.2, -0.15) is 0 Å². The van der Waals surface area contributed by atoms with E-state index in [1.807, 2.05) is 31.2 Å². The van der Waals surface area contributed by atoms with Crippen molar-refractivity contribution in [3.63, 3.8) is 0 Å². The van der Waals surface area contributed by atoms with Crippen molar-refractivity contribution in [2.24, 2.45) is 0 Å². The van der Waals surface area contributed by atoms with Crippen LogP contribution < -0.4 is 0 Å². The number of halogens is 1. The third-order valence-electron chi connectivity index (χ3n) is 1.32. The molecule has 0 amide bonds. The highest BCUT2D eigenvalue weighted by molar-refractivity contribution is 9.10. The first-order chi connectivity index (χ1) is 5.24. The first-order valence-corrected chi connectivity index (χ1v) is 5.49. The molecule has 0 fully saturated rings. The van der Waals surface area contributed by atoms with E-state index in [0.29, 0.717) is 5.75 Å². The minimum Gasteiger partial charge on any atom is -0.254 e. The summed E-state index contributed by atoms with van der Waals surface area (Å²) in [7, 11) is -0.831. The van der Waals surface area contributed by atoms with E-state index in [2.05, 4.69) is 15.9 Å². The topological polar surface area (TPSA) is 17.1 Å². The molecule has 0 N–H and O–H groups in total. The predicted octanol–water partition coefficient (Wildman–Crippen LogP) is 2.58. The molecule has 1 aromatic rings. The highest BCUT2D eigenvalue weighted by atomic mass is 79.9. The molecule has 0 saturated heterocycles. The summed E-state index contributed by atoms with van der Waals surface area (Å²) in [5, 5.41) is 0. The molecule has 0 aliphatic heterocycles. The lowest BCUT2D eigenvalue weighted by Crippen LogP contribution is -1.92. The molecule has 1 atom stereocenters. The van der Waals surface area contributed by atoms with Crippen LogP contribution in [0.1, 0.15) is 6.92 Å². The molecule has 0 bridgehead atoms. The van der Waals surface area contributed by atoms with E-state index in [0.717, 1.165) is 9.37 Å². The normalized spacial score (nSPS) is 12.9. The molecule has 0 aliphatic rings. The lowest BCUT2D eigenvalue weighted by atomic mass is 10.4. The smallest absolute Gasteiger partial charge is 0.0527 e. The minimum atomic E-state index is -0.831. The number of benzene rings is 1. The zero-order chi connectivity index (χ0) is 8.27. The second-order valence-electron chi connectivity index (χ2n) is 2.09. The largest absolute Gasteiger partial charge is 0.254 e. The summed E-state index contributed by atoms with van der Waals surface area (Å²) in [4.78, 5) is 0.891. The lowest BCUT2D eigenvalue weighted by molar-refractivity contribution is 0.684. The summed E-state index contributed by atoms with van der Waals surface area (Å²) in [6.45, 7) is 1.91. The van der Waals surface area contributed by atoms with Gasteiger partial charge in [0.05, 0.1) is 10.8 Å². The molecule has 1 nitrogen and oxygen atoms in total. The van der Waals surface area contributed by atoms with Crippen molar-refractivity contribution in [1.82, 2.24) is 0 Å². The van der Waals surface area contributed by atoms with E-state index < -0.39 is 10.8 Å². The van der Waals surface area contributed by atoms with Gasteiger partial charge in [-0.25, -0.2) is 0 Å². The van der Waals surface area contributed by atoms with Crippen molar-refractivity contribution in [3.05, 3.63) is 28.7 Å². The monoisotopic (exact) mass is 232 g/mol. The predicted molar refractivity (Wildman–Crippen MR) is 51.1 cm³/mol. The summed E-state index contributed by atoms with van der Waals surface area (Å²) in [5.74, 6) is 0.677. The highest BCUT2D eigenvalue weighted by Crippen LogP contribution is 2.14. The molecule has 0 spiro atoms. The van der Waals surface area contributed by atoms with Crippen LogP contribution in [0.4, 0.5) is 0 Å². The maximum atomic E-state index is 11.3. The van der Waals surface area contributed by atoms with Crippen molar-refractivity contribution >= 4 is 26.7 Å². The van der Waals surface area contributed by atoms with Gasteiger partial charge in [-0.15, -0.1) is 0 Å². The van der Waals surface area contributed by atoms with E-state index >= 15 is 0 Å². The van der Waals surface area contributed by atoms with Gasteiger partial charge in [0.2, 0.25) is 0 Å². The maximum Gasteiger partial charge on any atom is 0.0527 e. The van der Waals surface area contributed by atoms with Crippen LogP contribution in [0.15, 0.2) is 33.6 Å². The summed E-state index contributed by atoms with van der Waals surface area (Å²) in [6.07, 6.45) is 0. The van der Waals surface area contributed by atoms with Gasteiger partial charge in [0.25, 0.3) is 0 Å². The summed E-state index contributed by atoms with van der Waals surface area (Å²) < 4.78 is 12.2. The molecule has 60 valence electrons. The fourth-order valence-electron chi connectivity index (χ4n) is 0.775. The fourth-order valence-corrected chi connectivity index (χ4v) is 2.15. The average Bonchev–Trinajstić information content (AvgIpc) is 2.03. The summed E-state index contributed by atoms with van der Waals surface area (Å²) in [5.41, 5.74) is 0. The Morgan fingerprint density at radius 1 is 1.55 bits per heavy atom. The molecule has 1 aromatic carbocycles. The van der Waals surface area contributed by atoms with Crippen LogP contribution in [-0.2, 0) is 10.8 Å². The molecular formula is C8H9BrOS. The van der Waals surface area contributed by atoms with Crippen LogP contribution in [0.3, 0.4) is 0 Å².